The first-order valence-electron chi connectivity index (χ1n) is 9.95. The lowest BCUT2D eigenvalue weighted by Gasteiger charge is -2.34. The minimum atomic E-state index is -0.518. The van der Waals surface area contributed by atoms with E-state index in [1.54, 1.807) is 30.9 Å². The predicted octanol–water partition coefficient (Wildman–Crippen LogP) is 3.70. The maximum Gasteiger partial charge on any atom is 0.268 e. The molecule has 1 aromatic carbocycles. The lowest BCUT2D eigenvalue weighted by molar-refractivity contribution is 0.0603. The molecule has 2 amide bonds. The van der Waals surface area contributed by atoms with Crippen molar-refractivity contribution in [3.8, 4) is 0 Å². The van der Waals surface area contributed by atoms with Crippen LogP contribution < -0.4 is 5.32 Å². The van der Waals surface area contributed by atoms with Gasteiger partial charge < -0.3 is 10.2 Å². The summed E-state index contributed by atoms with van der Waals surface area (Å²) in [4.78, 5) is 36.9. The van der Waals surface area contributed by atoms with Crippen molar-refractivity contribution in [3.05, 3.63) is 63.9 Å². The van der Waals surface area contributed by atoms with Gasteiger partial charge in [0, 0.05) is 12.7 Å². The van der Waals surface area contributed by atoms with Gasteiger partial charge in [-0.25, -0.2) is 14.4 Å². The molecule has 0 saturated carbocycles. The summed E-state index contributed by atoms with van der Waals surface area (Å²) in [6.07, 6.45) is 4.02. The molecule has 1 aliphatic heterocycles. The van der Waals surface area contributed by atoms with E-state index in [1.165, 1.54) is 18.3 Å². The molecule has 1 atom stereocenters. The van der Waals surface area contributed by atoms with Gasteiger partial charge in [-0.05, 0) is 56.8 Å². The smallest absolute Gasteiger partial charge is 0.268 e. The summed E-state index contributed by atoms with van der Waals surface area (Å²) in [6, 6.07) is 5.66. The second kappa shape index (κ2) is 8.84. The summed E-state index contributed by atoms with van der Waals surface area (Å²) in [5, 5.41) is 6.48. The van der Waals surface area contributed by atoms with Gasteiger partial charge >= 0.3 is 0 Å². The summed E-state index contributed by atoms with van der Waals surface area (Å²) in [5.74, 6) is -0.643. The van der Waals surface area contributed by atoms with Crippen molar-refractivity contribution in [3.63, 3.8) is 0 Å². The zero-order chi connectivity index (χ0) is 22.0. The van der Waals surface area contributed by atoms with Gasteiger partial charge in [0.05, 0.1) is 28.7 Å². The van der Waals surface area contributed by atoms with Gasteiger partial charge in [-0.15, -0.1) is 5.10 Å². The average Bonchev–Trinajstić information content (AvgIpc) is 3.20. The fraction of sp³-hybridized carbons (Fsp3) is 0.333. The number of para-hydroxylation sites is 1. The Morgan fingerprint density at radius 3 is 2.71 bits per heavy atom. The number of likely N-dealkylation sites (tertiary alicyclic amines) is 1. The van der Waals surface area contributed by atoms with Gasteiger partial charge in [0.2, 0.25) is 0 Å². The number of carbonyl (C=O) groups is 2. The minimum Gasteiger partial charge on any atom is -0.328 e. The molecule has 0 bridgehead atoms. The van der Waals surface area contributed by atoms with Crippen molar-refractivity contribution < 1.29 is 14.0 Å². The standard InChI is InChI=1S/C21H21FN6O2S/c1-12-14(20(29)25-16-8-4-3-7-15(16)22)11-23-19(24-12)17-9-5-6-10-28(17)21(30)18-13(2)26-27-31-18/h3-4,7-8,11,17H,5-6,9-10H2,1-2H3,(H,25,29). The molecule has 8 nitrogen and oxygen atoms in total. The Balaban J connectivity index is 1.57. The van der Waals surface area contributed by atoms with E-state index in [0.29, 0.717) is 28.6 Å². The Labute approximate surface area is 182 Å². The number of benzene rings is 1. The number of anilines is 1. The molecule has 160 valence electrons. The van der Waals surface area contributed by atoms with Gasteiger partial charge in [-0.2, -0.15) is 0 Å². The van der Waals surface area contributed by atoms with Crippen molar-refractivity contribution in [1.29, 1.82) is 0 Å². The number of halogens is 1. The Hall–Kier alpha value is -3.27. The molecule has 2 aromatic heterocycles. The summed E-state index contributed by atoms with van der Waals surface area (Å²) < 4.78 is 17.7. The molecule has 0 aliphatic carbocycles. The molecule has 3 aromatic rings. The van der Waals surface area contributed by atoms with Gasteiger partial charge in [-0.1, -0.05) is 16.6 Å². The first-order valence-corrected chi connectivity index (χ1v) is 10.7. The van der Waals surface area contributed by atoms with Crippen LogP contribution in [-0.2, 0) is 0 Å². The molecule has 10 heteroatoms. The fourth-order valence-corrected chi connectivity index (χ4v) is 4.24. The molecule has 3 heterocycles. The van der Waals surface area contributed by atoms with E-state index in [4.69, 9.17) is 0 Å². The molecule has 1 aliphatic rings. The minimum absolute atomic E-state index is 0.0913. The van der Waals surface area contributed by atoms with Crippen molar-refractivity contribution in [2.75, 3.05) is 11.9 Å². The fourth-order valence-electron chi connectivity index (χ4n) is 3.62. The number of aryl methyl sites for hydroxylation is 2. The van der Waals surface area contributed by atoms with Gasteiger partial charge in [0.25, 0.3) is 11.8 Å². The highest BCUT2D eigenvalue weighted by atomic mass is 32.1. The number of nitrogens with one attached hydrogen (secondary N) is 1. The van der Waals surface area contributed by atoms with Crippen LogP contribution in [-0.4, -0.2) is 42.8 Å². The number of rotatable bonds is 4. The molecule has 1 saturated heterocycles. The van der Waals surface area contributed by atoms with Crippen LogP contribution in [0.5, 0.6) is 0 Å². The quantitative estimate of drug-likeness (QED) is 0.664. The summed E-state index contributed by atoms with van der Waals surface area (Å²) in [5.41, 5.74) is 1.42. The molecular weight excluding hydrogens is 419 g/mol. The molecular formula is C21H21FN6O2S. The van der Waals surface area contributed by atoms with Crippen molar-refractivity contribution in [1.82, 2.24) is 24.5 Å². The first-order chi connectivity index (χ1) is 15.0. The van der Waals surface area contributed by atoms with Crippen molar-refractivity contribution >= 4 is 29.0 Å². The van der Waals surface area contributed by atoms with Crippen LogP contribution in [0.1, 0.15) is 62.5 Å². The first kappa shape index (κ1) is 21.0. The number of piperidine rings is 1. The Bertz CT molecular complexity index is 1130. The topological polar surface area (TPSA) is 101 Å². The number of hydrogen-bond acceptors (Lipinski definition) is 7. The van der Waals surface area contributed by atoms with E-state index >= 15 is 0 Å². The van der Waals surface area contributed by atoms with Crippen LogP contribution >= 0.6 is 11.5 Å². The normalized spacial score (nSPS) is 16.2. The molecule has 0 spiro atoms. The number of hydrogen-bond donors (Lipinski definition) is 1. The molecule has 1 unspecified atom stereocenters. The molecule has 4 rings (SSSR count). The third kappa shape index (κ3) is 4.29. The SMILES string of the molecule is Cc1nc(C2CCCCN2C(=O)c2snnc2C)ncc1C(=O)Nc1ccccc1F. The van der Waals surface area contributed by atoms with Crippen LogP contribution in [0, 0.1) is 19.7 Å². The van der Waals surface area contributed by atoms with Crippen LogP contribution in [0.15, 0.2) is 30.5 Å². The molecule has 1 fully saturated rings. The second-order valence-electron chi connectivity index (χ2n) is 7.36. The lowest BCUT2D eigenvalue weighted by Crippen LogP contribution is -2.39. The van der Waals surface area contributed by atoms with E-state index in [9.17, 15) is 14.0 Å². The Kier molecular flexibility index (Phi) is 5.99. The second-order valence-corrected chi connectivity index (χ2v) is 8.11. The third-order valence-electron chi connectivity index (χ3n) is 5.27. The highest BCUT2D eigenvalue weighted by Gasteiger charge is 2.32. The van der Waals surface area contributed by atoms with Crippen molar-refractivity contribution in [2.45, 2.75) is 39.2 Å². The Morgan fingerprint density at radius 1 is 1.19 bits per heavy atom. The van der Waals surface area contributed by atoms with E-state index in [1.807, 2.05) is 0 Å². The van der Waals surface area contributed by atoms with Crippen LogP contribution in [0.2, 0.25) is 0 Å². The monoisotopic (exact) mass is 440 g/mol. The van der Waals surface area contributed by atoms with Crippen LogP contribution in [0.3, 0.4) is 0 Å². The highest BCUT2D eigenvalue weighted by molar-refractivity contribution is 7.07. The lowest BCUT2D eigenvalue weighted by atomic mass is 10.0. The molecule has 1 N–H and O–H groups in total. The summed E-state index contributed by atoms with van der Waals surface area (Å²) in [6.45, 7) is 4.06. The zero-order valence-corrected chi connectivity index (χ0v) is 17.9. The highest BCUT2D eigenvalue weighted by Crippen LogP contribution is 2.31. The van der Waals surface area contributed by atoms with Gasteiger partial charge in [0.15, 0.2) is 5.82 Å². The van der Waals surface area contributed by atoms with E-state index in [0.717, 1.165) is 30.8 Å². The number of carbonyl (C=O) groups excluding carboxylic acids is 2. The van der Waals surface area contributed by atoms with Crippen molar-refractivity contribution in [2.24, 2.45) is 0 Å². The van der Waals surface area contributed by atoms with Gasteiger partial charge in [-0.3, -0.25) is 9.59 Å². The van der Waals surface area contributed by atoms with E-state index in [-0.39, 0.29) is 23.2 Å². The number of aromatic nitrogens is 4. The van der Waals surface area contributed by atoms with E-state index < -0.39 is 11.7 Å². The number of nitrogens with zero attached hydrogens (tertiary/aromatic N) is 5. The summed E-state index contributed by atoms with van der Waals surface area (Å²) in [7, 11) is 0. The molecule has 0 radical (unpaired) electrons. The maximum absolute atomic E-state index is 13.8. The van der Waals surface area contributed by atoms with Gasteiger partial charge in [0.1, 0.15) is 10.7 Å². The van der Waals surface area contributed by atoms with E-state index in [2.05, 4.69) is 24.9 Å². The summed E-state index contributed by atoms with van der Waals surface area (Å²) >= 11 is 1.08. The van der Waals surface area contributed by atoms with Crippen LogP contribution in [0.4, 0.5) is 10.1 Å². The largest absolute Gasteiger partial charge is 0.328 e. The zero-order valence-electron chi connectivity index (χ0n) is 17.1. The molecule has 31 heavy (non-hydrogen) atoms. The number of amides is 2. The maximum atomic E-state index is 13.8. The predicted molar refractivity (Wildman–Crippen MR) is 113 cm³/mol. The average molecular weight is 441 g/mol. The third-order valence-corrected chi connectivity index (χ3v) is 6.09. The van der Waals surface area contributed by atoms with Crippen LogP contribution in [0.25, 0.3) is 0 Å². The Morgan fingerprint density at radius 2 is 2.00 bits per heavy atom.